The van der Waals surface area contributed by atoms with Crippen molar-refractivity contribution in [1.82, 2.24) is 0 Å². The third-order valence-corrected chi connectivity index (χ3v) is 2.85. The molecule has 0 heterocycles. The van der Waals surface area contributed by atoms with Gasteiger partial charge >= 0.3 is 5.97 Å². The highest BCUT2D eigenvalue weighted by atomic mass is 35.5. The summed E-state index contributed by atoms with van der Waals surface area (Å²) in [6, 6.07) is 4.00. The summed E-state index contributed by atoms with van der Waals surface area (Å²) in [6.45, 7) is 4.77. The Balaban J connectivity index is 2.44. The Labute approximate surface area is 107 Å². The second kappa shape index (κ2) is 6.50. The summed E-state index contributed by atoms with van der Waals surface area (Å²) in [4.78, 5) is 10.3. The Morgan fingerprint density at radius 3 is 2.65 bits per heavy atom. The van der Waals surface area contributed by atoms with Crippen LogP contribution in [0.5, 0.6) is 0 Å². The molecule has 0 aliphatic carbocycles. The molecular weight excluding hydrogens is 238 g/mol. The summed E-state index contributed by atoms with van der Waals surface area (Å²) in [5.74, 6) is -0.741. The van der Waals surface area contributed by atoms with Gasteiger partial charge in [-0.2, -0.15) is 0 Å². The fourth-order valence-corrected chi connectivity index (χ4v) is 2.14. The first kappa shape index (κ1) is 13.8. The van der Waals surface area contributed by atoms with Gasteiger partial charge < -0.3 is 10.4 Å². The van der Waals surface area contributed by atoms with Crippen LogP contribution in [-0.2, 0) is 4.79 Å². The molecule has 0 bridgehead atoms. The number of rotatable bonds is 6. The highest BCUT2D eigenvalue weighted by Gasteiger charge is 2.04. The Morgan fingerprint density at radius 1 is 1.35 bits per heavy atom. The second-order valence-electron chi connectivity index (χ2n) is 4.22. The van der Waals surface area contributed by atoms with Gasteiger partial charge in [-0.25, -0.2) is 0 Å². The zero-order chi connectivity index (χ0) is 12.8. The van der Waals surface area contributed by atoms with E-state index in [9.17, 15) is 4.79 Å². The number of unbranched alkanes of at least 4 members (excludes halogenated alkanes) is 1. The maximum absolute atomic E-state index is 10.3. The molecule has 1 rings (SSSR count). The smallest absolute Gasteiger partial charge is 0.303 e. The lowest BCUT2D eigenvalue weighted by Crippen LogP contribution is -2.05. The van der Waals surface area contributed by atoms with E-state index in [-0.39, 0.29) is 6.42 Å². The van der Waals surface area contributed by atoms with Gasteiger partial charge in [0, 0.05) is 13.0 Å². The molecule has 3 nitrogen and oxygen atoms in total. The Bertz CT molecular complexity index is 381. The van der Waals surface area contributed by atoms with E-state index < -0.39 is 5.97 Å². The van der Waals surface area contributed by atoms with Crippen LogP contribution in [0.15, 0.2) is 12.1 Å². The number of carboxylic acids is 1. The highest BCUT2D eigenvalue weighted by Crippen LogP contribution is 2.27. The number of anilines is 1. The van der Waals surface area contributed by atoms with E-state index in [0.29, 0.717) is 6.42 Å². The lowest BCUT2D eigenvalue weighted by Gasteiger charge is -2.12. The van der Waals surface area contributed by atoms with Crippen LogP contribution in [0.2, 0.25) is 5.02 Å². The van der Waals surface area contributed by atoms with Crippen LogP contribution < -0.4 is 5.32 Å². The van der Waals surface area contributed by atoms with Crippen LogP contribution in [-0.4, -0.2) is 17.6 Å². The molecular formula is C13H18ClNO2. The number of carboxylic acid groups (broad SMARTS) is 1. The molecule has 0 atom stereocenters. The minimum absolute atomic E-state index is 0.224. The standard InChI is InChI=1S/C13H18ClNO2/c1-9-7-10(2)13(11(14)8-9)15-6-4-3-5-12(16)17/h7-8,15H,3-6H2,1-2H3,(H,16,17). The first-order valence-corrected chi connectivity index (χ1v) is 6.11. The lowest BCUT2D eigenvalue weighted by atomic mass is 10.1. The fraction of sp³-hybridized carbons (Fsp3) is 0.462. The number of hydrogen-bond acceptors (Lipinski definition) is 2. The van der Waals surface area contributed by atoms with E-state index in [1.165, 1.54) is 0 Å². The number of benzene rings is 1. The topological polar surface area (TPSA) is 49.3 Å². The third-order valence-electron chi connectivity index (χ3n) is 2.55. The quantitative estimate of drug-likeness (QED) is 0.764. The van der Waals surface area contributed by atoms with Crippen LogP contribution in [0, 0.1) is 13.8 Å². The predicted octanol–water partition coefficient (Wildman–Crippen LogP) is 3.62. The van der Waals surface area contributed by atoms with Crippen molar-refractivity contribution in [2.75, 3.05) is 11.9 Å². The van der Waals surface area contributed by atoms with E-state index in [2.05, 4.69) is 11.4 Å². The first-order chi connectivity index (χ1) is 8.00. The maximum Gasteiger partial charge on any atom is 0.303 e. The van der Waals surface area contributed by atoms with E-state index in [1.807, 2.05) is 19.9 Å². The molecule has 0 aliphatic rings. The van der Waals surface area contributed by atoms with E-state index in [1.54, 1.807) is 0 Å². The minimum Gasteiger partial charge on any atom is -0.481 e. The van der Waals surface area contributed by atoms with Gasteiger partial charge in [0.2, 0.25) is 0 Å². The highest BCUT2D eigenvalue weighted by molar-refractivity contribution is 6.33. The summed E-state index contributed by atoms with van der Waals surface area (Å²) in [7, 11) is 0. The number of halogens is 1. The maximum atomic E-state index is 10.3. The number of hydrogen-bond donors (Lipinski definition) is 2. The molecule has 0 aromatic heterocycles. The number of aliphatic carboxylic acids is 1. The minimum atomic E-state index is -0.741. The van der Waals surface area contributed by atoms with Gasteiger partial charge in [0.1, 0.15) is 0 Å². The Hall–Kier alpha value is -1.22. The summed E-state index contributed by atoms with van der Waals surface area (Å²) >= 11 is 6.14. The molecule has 2 N–H and O–H groups in total. The van der Waals surface area contributed by atoms with E-state index in [0.717, 1.165) is 34.8 Å². The molecule has 0 saturated carbocycles. The average molecular weight is 256 g/mol. The van der Waals surface area contributed by atoms with Crippen molar-refractivity contribution < 1.29 is 9.90 Å². The van der Waals surface area contributed by atoms with Crippen molar-refractivity contribution in [3.8, 4) is 0 Å². The van der Waals surface area contributed by atoms with Gasteiger partial charge in [-0.1, -0.05) is 17.7 Å². The molecule has 0 spiro atoms. The van der Waals surface area contributed by atoms with E-state index >= 15 is 0 Å². The zero-order valence-corrected chi connectivity index (χ0v) is 11.0. The summed E-state index contributed by atoms with van der Waals surface area (Å²) < 4.78 is 0. The Morgan fingerprint density at radius 2 is 2.06 bits per heavy atom. The second-order valence-corrected chi connectivity index (χ2v) is 4.62. The van der Waals surface area contributed by atoms with Crippen molar-refractivity contribution >= 4 is 23.3 Å². The molecule has 1 aromatic carbocycles. The number of nitrogens with one attached hydrogen (secondary N) is 1. The average Bonchev–Trinajstić information content (AvgIpc) is 2.20. The van der Waals surface area contributed by atoms with Gasteiger partial charge in [-0.05, 0) is 43.9 Å². The van der Waals surface area contributed by atoms with Crippen LogP contribution >= 0.6 is 11.6 Å². The fourth-order valence-electron chi connectivity index (χ4n) is 1.75. The van der Waals surface area contributed by atoms with Gasteiger partial charge in [0.15, 0.2) is 0 Å². The molecule has 94 valence electrons. The van der Waals surface area contributed by atoms with Crippen molar-refractivity contribution in [3.63, 3.8) is 0 Å². The number of aryl methyl sites for hydroxylation is 2. The van der Waals surface area contributed by atoms with Crippen molar-refractivity contribution in [2.45, 2.75) is 33.1 Å². The molecule has 0 aliphatic heterocycles. The van der Waals surface area contributed by atoms with Gasteiger partial charge in [-0.15, -0.1) is 0 Å². The SMILES string of the molecule is Cc1cc(C)c(NCCCCC(=O)O)c(Cl)c1. The van der Waals surface area contributed by atoms with Crippen molar-refractivity contribution in [2.24, 2.45) is 0 Å². The summed E-state index contributed by atoms with van der Waals surface area (Å²) in [6.07, 6.45) is 1.74. The number of carbonyl (C=O) groups is 1. The largest absolute Gasteiger partial charge is 0.481 e. The predicted molar refractivity (Wildman–Crippen MR) is 70.9 cm³/mol. The van der Waals surface area contributed by atoms with E-state index in [4.69, 9.17) is 16.7 Å². The monoisotopic (exact) mass is 255 g/mol. The molecule has 0 radical (unpaired) electrons. The van der Waals surface area contributed by atoms with Crippen LogP contribution in [0.1, 0.15) is 30.4 Å². The van der Waals surface area contributed by atoms with Crippen LogP contribution in [0.4, 0.5) is 5.69 Å². The molecule has 0 amide bonds. The zero-order valence-electron chi connectivity index (χ0n) is 10.2. The van der Waals surface area contributed by atoms with Gasteiger partial charge in [0.05, 0.1) is 10.7 Å². The van der Waals surface area contributed by atoms with Crippen molar-refractivity contribution in [3.05, 3.63) is 28.3 Å². The normalized spacial score (nSPS) is 10.3. The van der Waals surface area contributed by atoms with Crippen LogP contribution in [0.3, 0.4) is 0 Å². The molecule has 17 heavy (non-hydrogen) atoms. The molecule has 0 unspecified atom stereocenters. The van der Waals surface area contributed by atoms with Gasteiger partial charge in [0.25, 0.3) is 0 Å². The van der Waals surface area contributed by atoms with Gasteiger partial charge in [-0.3, -0.25) is 4.79 Å². The molecule has 0 fully saturated rings. The summed E-state index contributed by atoms with van der Waals surface area (Å²) in [5, 5.41) is 12.5. The molecule has 1 aromatic rings. The van der Waals surface area contributed by atoms with Crippen LogP contribution in [0.25, 0.3) is 0 Å². The lowest BCUT2D eigenvalue weighted by molar-refractivity contribution is -0.137. The Kier molecular flexibility index (Phi) is 5.29. The third kappa shape index (κ3) is 4.65. The molecule has 0 saturated heterocycles. The summed E-state index contributed by atoms with van der Waals surface area (Å²) in [5.41, 5.74) is 3.21. The van der Waals surface area contributed by atoms with Crippen molar-refractivity contribution in [1.29, 1.82) is 0 Å². The first-order valence-electron chi connectivity index (χ1n) is 5.73. The molecule has 4 heteroatoms.